The Labute approximate surface area is 95.2 Å². The first kappa shape index (κ1) is 13.0. The monoisotopic (exact) mass is 212 g/mol. The number of rotatable bonds is 5. The molecule has 3 atom stereocenters. The van der Waals surface area contributed by atoms with Crippen molar-refractivity contribution < 1.29 is 0 Å². The Bertz CT molecular complexity index is 160. The molecule has 1 aliphatic rings. The molecule has 2 heteroatoms. The van der Waals surface area contributed by atoms with Crippen molar-refractivity contribution in [2.24, 2.45) is 11.7 Å². The molecule has 90 valence electrons. The Morgan fingerprint density at radius 1 is 1.33 bits per heavy atom. The zero-order valence-electron chi connectivity index (χ0n) is 10.7. The second-order valence-corrected chi connectivity index (χ2v) is 5.26. The van der Waals surface area contributed by atoms with Gasteiger partial charge in [0.05, 0.1) is 0 Å². The molecular weight excluding hydrogens is 184 g/mol. The Balaban J connectivity index is 2.43. The lowest BCUT2D eigenvalue weighted by Gasteiger charge is -2.39. The summed E-state index contributed by atoms with van der Waals surface area (Å²) in [7, 11) is 0. The van der Waals surface area contributed by atoms with Gasteiger partial charge in [-0.05, 0) is 25.2 Å². The molecule has 0 aromatic heterocycles. The highest BCUT2D eigenvalue weighted by molar-refractivity contribution is 4.83. The standard InChI is InChI=1S/C13H28N2/c1-4-6-7-13(5-2)15-9-11(3)8-12(14)10-15/h11-13H,4-10,14H2,1-3H3. The van der Waals surface area contributed by atoms with Crippen LogP contribution < -0.4 is 5.73 Å². The molecule has 0 radical (unpaired) electrons. The van der Waals surface area contributed by atoms with Gasteiger partial charge in [-0.2, -0.15) is 0 Å². The Morgan fingerprint density at radius 2 is 2.07 bits per heavy atom. The van der Waals surface area contributed by atoms with E-state index in [9.17, 15) is 0 Å². The van der Waals surface area contributed by atoms with Crippen LogP contribution in [0.5, 0.6) is 0 Å². The smallest absolute Gasteiger partial charge is 0.0170 e. The molecular formula is C13H28N2. The van der Waals surface area contributed by atoms with Gasteiger partial charge in [-0.3, -0.25) is 4.90 Å². The number of nitrogens with two attached hydrogens (primary N) is 1. The van der Waals surface area contributed by atoms with E-state index in [1.54, 1.807) is 0 Å². The summed E-state index contributed by atoms with van der Waals surface area (Å²) in [5, 5.41) is 0. The Morgan fingerprint density at radius 3 is 2.60 bits per heavy atom. The first-order valence-corrected chi connectivity index (χ1v) is 6.67. The van der Waals surface area contributed by atoms with Gasteiger partial charge in [-0.1, -0.05) is 33.6 Å². The molecule has 0 amide bonds. The van der Waals surface area contributed by atoms with Gasteiger partial charge in [-0.25, -0.2) is 0 Å². The molecule has 0 aromatic carbocycles. The number of hydrogen-bond acceptors (Lipinski definition) is 2. The summed E-state index contributed by atoms with van der Waals surface area (Å²) in [6, 6.07) is 1.18. The van der Waals surface area contributed by atoms with Crippen LogP contribution in [0.3, 0.4) is 0 Å². The molecule has 2 nitrogen and oxygen atoms in total. The number of unbranched alkanes of at least 4 members (excludes halogenated alkanes) is 1. The van der Waals surface area contributed by atoms with E-state index in [0.717, 1.165) is 18.5 Å². The summed E-state index contributed by atoms with van der Waals surface area (Å²) in [5.74, 6) is 0.782. The summed E-state index contributed by atoms with van der Waals surface area (Å²) < 4.78 is 0. The van der Waals surface area contributed by atoms with Crippen LogP contribution in [0, 0.1) is 5.92 Å². The molecule has 0 aliphatic carbocycles. The van der Waals surface area contributed by atoms with Crippen LogP contribution in [0.25, 0.3) is 0 Å². The first-order valence-electron chi connectivity index (χ1n) is 6.67. The van der Waals surface area contributed by atoms with Crippen molar-refractivity contribution in [2.75, 3.05) is 13.1 Å². The topological polar surface area (TPSA) is 29.3 Å². The van der Waals surface area contributed by atoms with Crippen molar-refractivity contribution in [1.29, 1.82) is 0 Å². The SMILES string of the molecule is CCCCC(CC)N1CC(C)CC(N)C1. The highest BCUT2D eigenvalue weighted by atomic mass is 15.2. The quantitative estimate of drug-likeness (QED) is 0.759. The molecule has 1 fully saturated rings. The van der Waals surface area contributed by atoms with Gasteiger partial charge in [0.25, 0.3) is 0 Å². The molecule has 0 aromatic rings. The van der Waals surface area contributed by atoms with E-state index in [4.69, 9.17) is 5.73 Å². The zero-order chi connectivity index (χ0) is 11.3. The number of piperidine rings is 1. The highest BCUT2D eigenvalue weighted by Gasteiger charge is 2.26. The Kier molecular flexibility index (Phi) is 5.62. The number of hydrogen-bond donors (Lipinski definition) is 1. The van der Waals surface area contributed by atoms with Gasteiger partial charge >= 0.3 is 0 Å². The normalized spacial score (nSPS) is 30.4. The molecule has 1 aliphatic heterocycles. The summed E-state index contributed by atoms with van der Waals surface area (Å²) in [6.07, 6.45) is 6.51. The van der Waals surface area contributed by atoms with Crippen LogP contribution in [0.15, 0.2) is 0 Å². The highest BCUT2D eigenvalue weighted by Crippen LogP contribution is 2.21. The van der Waals surface area contributed by atoms with Crippen LogP contribution in [-0.2, 0) is 0 Å². The minimum atomic E-state index is 0.407. The molecule has 0 saturated carbocycles. The van der Waals surface area contributed by atoms with Crippen molar-refractivity contribution in [3.63, 3.8) is 0 Å². The van der Waals surface area contributed by atoms with Crippen LogP contribution in [-0.4, -0.2) is 30.1 Å². The van der Waals surface area contributed by atoms with Gasteiger partial charge in [0.15, 0.2) is 0 Å². The fourth-order valence-electron chi connectivity index (χ4n) is 2.82. The molecule has 3 unspecified atom stereocenters. The molecule has 1 rings (SSSR count). The molecule has 1 saturated heterocycles. The van der Waals surface area contributed by atoms with E-state index in [1.807, 2.05) is 0 Å². The van der Waals surface area contributed by atoms with Crippen LogP contribution in [0.4, 0.5) is 0 Å². The first-order chi connectivity index (χ1) is 7.17. The van der Waals surface area contributed by atoms with E-state index < -0.39 is 0 Å². The summed E-state index contributed by atoms with van der Waals surface area (Å²) in [6.45, 7) is 9.30. The van der Waals surface area contributed by atoms with E-state index in [-0.39, 0.29) is 0 Å². The average molecular weight is 212 g/mol. The van der Waals surface area contributed by atoms with E-state index >= 15 is 0 Å². The predicted octanol–water partition coefficient (Wildman–Crippen LogP) is 2.62. The third-order valence-electron chi connectivity index (χ3n) is 3.60. The number of nitrogens with zero attached hydrogens (tertiary/aromatic N) is 1. The van der Waals surface area contributed by atoms with Gasteiger partial charge in [-0.15, -0.1) is 0 Å². The maximum atomic E-state index is 6.10. The third kappa shape index (κ3) is 4.12. The molecule has 1 heterocycles. The van der Waals surface area contributed by atoms with Crippen LogP contribution >= 0.6 is 0 Å². The lowest BCUT2D eigenvalue weighted by molar-refractivity contribution is 0.106. The minimum Gasteiger partial charge on any atom is -0.327 e. The number of likely N-dealkylation sites (tertiary alicyclic amines) is 1. The van der Waals surface area contributed by atoms with Crippen molar-refractivity contribution in [3.8, 4) is 0 Å². The van der Waals surface area contributed by atoms with Crippen molar-refractivity contribution in [1.82, 2.24) is 4.90 Å². The summed E-state index contributed by atoms with van der Waals surface area (Å²) >= 11 is 0. The van der Waals surface area contributed by atoms with Gasteiger partial charge in [0.1, 0.15) is 0 Å². The van der Waals surface area contributed by atoms with Gasteiger partial charge in [0.2, 0.25) is 0 Å². The fourth-order valence-corrected chi connectivity index (χ4v) is 2.82. The van der Waals surface area contributed by atoms with Gasteiger partial charge in [0, 0.05) is 25.2 Å². The lowest BCUT2D eigenvalue weighted by atomic mass is 9.93. The molecule has 2 N–H and O–H groups in total. The van der Waals surface area contributed by atoms with E-state index in [1.165, 1.54) is 38.6 Å². The Hall–Kier alpha value is -0.0800. The molecule has 0 bridgehead atoms. The summed E-state index contributed by atoms with van der Waals surface area (Å²) in [4.78, 5) is 2.63. The second kappa shape index (κ2) is 6.49. The van der Waals surface area contributed by atoms with Crippen molar-refractivity contribution >= 4 is 0 Å². The van der Waals surface area contributed by atoms with Crippen LogP contribution in [0.2, 0.25) is 0 Å². The zero-order valence-corrected chi connectivity index (χ0v) is 10.7. The fraction of sp³-hybridized carbons (Fsp3) is 1.00. The van der Waals surface area contributed by atoms with E-state index in [2.05, 4.69) is 25.7 Å². The molecule has 0 spiro atoms. The maximum Gasteiger partial charge on any atom is 0.0170 e. The maximum absolute atomic E-state index is 6.10. The van der Waals surface area contributed by atoms with Crippen molar-refractivity contribution in [2.45, 2.75) is 65.0 Å². The minimum absolute atomic E-state index is 0.407. The lowest BCUT2D eigenvalue weighted by Crippen LogP contribution is -2.50. The van der Waals surface area contributed by atoms with Gasteiger partial charge < -0.3 is 5.73 Å². The molecule has 15 heavy (non-hydrogen) atoms. The van der Waals surface area contributed by atoms with Crippen molar-refractivity contribution in [3.05, 3.63) is 0 Å². The second-order valence-electron chi connectivity index (χ2n) is 5.26. The van der Waals surface area contributed by atoms with Crippen LogP contribution in [0.1, 0.15) is 52.9 Å². The summed E-state index contributed by atoms with van der Waals surface area (Å²) in [5.41, 5.74) is 6.10. The third-order valence-corrected chi connectivity index (χ3v) is 3.60. The van der Waals surface area contributed by atoms with E-state index in [0.29, 0.717) is 6.04 Å². The largest absolute Gasteiger partial charge is 0.327 e. The average Bonchev–Trinajstić information content (AvgIpc) is 2.17. The predicted molar refractivity (Wildman–Crippen MR) is 66.9 cm³/mol.